The van der Waals surface area contributed by atoms with Crippen LogP contribution in [0.5, 0.6) is 0 Å². The van der Waals surface area contributed by atoms with E-state index < -0.39 is 0 Å². The molecule has 1 aliphatic heterocycles. The zero-order chi connectivity index (χ0) is 21.1. The Balaban J connectivity index is 1.42. The molecule has 0 N–H and O–H groups in total. The Bertz CT molecular complexity index is 1020. The fraction of sp³-hybridized carbons (Fsp3) is 0.240. The average molecular weight is 421 g/mol. The fourth-order valence-electron chi connectivity index (χ4n) is 3.73. The summed E-state index contributed by atoms with van der Waals surface area (Å²) in [7, 11) is 4.14. The predicted octanol–water partition coefficient (Wildman–Crippen LogP) is 5.76. The van der Waals surface area contributed by atoms with Crippen LogP contribution >= 0.6 is 11.6 Å². The van der Waals surface area contributed by atoms with E-state index in [9.17, 15) is 4.79 Å². The first kappa shape index (κ1) is 20.5. The molecule has 0 bridgehead atoms. The average Bonchev–Trinajstić information content (AvgIpc) is 3.09. The van der Waals surface area contributed by atoms with Crippen molar-refractivity contribution in [2.45, 2.75) is 19.2 Å². The van der Waals surface area contributed by atoms with Crippen molar-refractivity contribution in [1.82, 2.24) is 9.80 Å². The number of carbonyl (C=O) groups excluding carboxylic acids is 1. The zero-order valence-corrected chi connectivity index (χ0v) is 18.0. The molecule has 0 radical (unpaired) electrons. The van der Waals surface area contributed by atoms with E-state index in [1.54, 1.807) is 4.90 Å². The molecule has 0 saturated carbocycles. The lowest BCUT2D eigenvalue weighted by molar-refractivity contribution is 0.132. The molecular formula is C25H25ClN2O2. The lowest BCUT2D eigenvalue weighted by Gasteiger charge is -2.14. The van der Waals surface area contributed by atoms with E-state index in [0.717, 1.165) is 17.7 Å². The summed E-state index contributed by atoms with van der Waals surface area (Å²) >= 11 is 5.95. The Morgan fingerprint density at radius 2 is 1.70 bits per heavy atom. The Hall–Kier alpha value is -2.82. The van der Waals surface area contributed by atoms with Gasteiger partial charge in [-0.2, -0.15) is 0 Å². The molecule has 4 nitrogen and oxygen atoms in total. The Kier molecular flexibility index (Phi) is 6.07. The summed E-state index contributed by atoms with van der Waals surface area (Å²) in [5.74, 6) is 0. The summed E-state index contributed by atoms with van der Waals surface area (Å²) in [6, 6.07) is 24.4. The summed E-state index contributed by atoms with van der Waals surface area (Å²) in [6.07, 6.45) is -0.538. The molecule has 3 aromatic carbocycles. The first-order valence-electron chi connectivity index (χ1n) is 10.0. The fourth-order valence-corrected chi connectivity index (χ4v) is 3.85. The Labute approximate surface area is 182 Å². The molecule has 3 aromatic rings. The van der Waals surface area contributed by atoms with Gasteiger partial charge in [-0.1, -0.05) is 66.2 Å². The molecule has 1 heterocycles. The molecule has 4 rings (SSSR count). The van der Waals surface area contributed by atoms with Gasteiger partial charge in [-0.25, -0.2) is 4.79 Å². The van der Waals surface area contributed by atoms with Crippen molar-refractivity contribution >= 4 is 17.7 Å². The van der Waals surface area contributed by atoms with Crippen LogP contribution in [0.2, 0.25) is 5.02 Å². The van der Waals surface area contributed by atoms with Gasteiger partial charge in [0.15, 0.2) is 0 Å². The highest BCUT2D eigenvalue weighted by atomic mass is 35.5. The van der Waals surface area contributed by atoms with Crippen LogP contribution in [0, 0.1) is 0 Å². The molecule has 30 heavy (non-hydrogen) atoms. The van der Waals surface area contributed by atoms with Crippen molar-refractivity contribution in [3.05, 3.63) is 94.5 Å². The first-order chi connectivity index (χ1) is 14.5. The highest BCUT2D eigenvalue weighted by Crippen LogP contribution is 2.29. The third-order valence-corrected chi connectivity index (χ3v) is 5.47. The normalized spacial score (nSPS) is 16.2. The molecule has 1 amide bonds. The van der Waals surface area contributed by atoms with Gasteiger partial charge in [0.1, 0.15) is 6.10 Å². The van der Waals surface area contributed by atoms with Crippen molar-refractivity contribution in [3.8, 4) is 11.1 Å². The van der Waals surface area contributed by atoms with Gasteiger partial charge < -0.3 is 9.64 Å². The number of nitrogens with zero attached hydrogens (tertiary/aromatic N) is 2. The van der Waals surface area contributed by atoms with Crippen LogP contribution in [0.3, 0.4) is 0 Å². The molecular weight excluding hydrogens is 396 g/mol. The van der Waals surface area contributed by atoms with E-state index in [-0.39, 0.29) is 12.2 Å². The maximum absolute atomic E-state index is 12.3. The minimum Gasteiger partial charge on any atom is -0.439 e. The molecule has 0 aliphatic carbocycles. The van der Waals surface area contributed by atoms with Crippen LogP contribution in [-0.4, -0.2) is 36.5 Å². The van der Waals surface area contributed by atoms with Gasteiger partial charge in [0, 0.05) is 18.1 Å². The van der Waals surface area contributed by atoms with Gasteiger partial charge in [-0.3, -0.25) is 4.90 Å². The van der Waals surface area contributed by atoms with Crippen molar-refractivity contribution in [2.24, 2.45) is 0 Å². The maximum atomic E-state index is 12.3. The van der Waals surface area contributed by atoms with E-state index in [1.807, 2.05) is 24.3 Å². The largest absolute Gasteiger partial charge is 0.439 e. The van der Waals surface area contributed by atoms with Crippen LogP contribution in [0.15, 0.2) is 72.8 Å². The first-order valence-corrected chi connectivity index (χ1v) is 10.4. The molecule has 1 aliphatic rings. The summed E-state index contributed by atoms with van der Waals surface area (Å²) in [6.45, 7) is 1.98. The van der Waals surface area contributed by atoms with Gasteiger partial charge in [-0.15, -0.1) is 0 Å². The topological polar surface area (TPSA) is 32.8 Å². The number of benzene rings is 3. The van der Waals surface area contributed by atoms with Gasteiger partial charge in [0.2, 0.25) is 0 Å². The maximum Gasteiger partial charge on any atom is 0.410 e. The second-order valence-corrected chi connectivity index (χ2v) is 8.38. The number of halogens is 1. The minimum atomic E-state index is -0.282. The van der Waals surface area contributed by atoms with Crippen LogP contribution in [0.25, 0.3) is 11.1 Å². The van der Waals surface area contributed by atoms with E-state index in [1.165, 1.54) is 16.7 Å². The molecule has 1 saturated heterocycles. The molecule has 154 valence electrons. The third-order valence-electron chi connectivity index (χ3n) is 5.22. The zero-order valence-electron chi connectivity index (χ0n) is 17.2. The van der Waals surface area contributed by atoms with E-state index in [0.29, 0.717) is 18.1 Å². The number of rotatable bonds is 6. The standard InChI is InChI=1S/C25H25ClN2O2/c1-27(2)15-19-4-3-5-22(14-19)20-8-6-18(7-9-20)16-28-17-24(30-25(28)29)21-10-12-23(26)13-11-21/h3-14,24H,15-17H2,1-2H3. The SMILES string of the molecule is CN(C)Cc1cccc(-c2ccc(CN3CC(c4ccc(Cl)cc4)OC3=O)cc2)c1. The Morgan fingerprint density at radius 1 is 0.967 bits per heavy atom. The van der Waals surface area contributed by atoms with Gasteiger partial charge in [0.05, 0.1) is 6.54 Å². The molecule has 0 spiro atoms. The number of hydrogen-bond acceptors (Lipinski definition) is 3. The lowest BCUT2D eigenvalue weighted by atomic mass is 10.0. The molecule has 1 unspecified atom stereocenters. The van der Waals surface area contributed by atoms with Crippen LogP contribution in [-0.2, 0) is 17.8 Å². The summed E-state index contributed by atoms with van der Waals surface area (Å²) in [5, 5.41) is 0.673. The van der Waals surface area contributed by atoms with E-state index in [2.05, 4.69) is 67.5 Å². The van der Waals surface area contributed by atoms with Crippen molar-refractivity contribution in [3.63, 3.8) is 0 Å². The monoisotopic (exact) mass is 420 g/mol. The molecule has 1 fully saturated rings. The van der Waals surface area contributed by atoms with Crippen molar-refractivity contribution in [1.29, 1.82) is 0 Å². The highest BCUT2D eigenvalue weighted by Gasteiger charge is 2.32. The quantitative estimate of drug-likeness (QED) is 0.508. The number of carbonyl (C=O) groups is 1. The van der Waals surface area contributed by atoms with Crippen molar-refractivity contribution < 1.29 is 9.53 Å². The summed E-state index contributed by atoms with van der Waals surface area (Å²) in [5.41, 5.74) is 5.70. The highest BCUT2D eigenvalue weighted by molar-refractivity contribution is 6.30. The van der Waals surface area contributed by atoms with E-state index >= 15 is 0 Å². The van der Waals surface area contributed by atoms with Gasteiger partial charge in [-0.05, 0) is 60.1 Å². The molecule has 5 heteroatoms. The van der Waals surface area contributed by atoms with Crippen LogP contribution in [0.4, 0.5) is 4.79 Å². The summed E-state index contributed by atoms with van der Waals surface area (Å²) in [4.78, 5) is 16.2. The number of amides is 1. The van der Waals surface area contributed by atoms with Crippen LogP contribution < -0.4 is 0 Å². The number of ether oxygens (including phenoxy) is 1. The predicted molar refractivity (Wildman–Crippen MR) is 120 cm³/mol. The summed E-state index contributed by atoms with van der Waals surface area (Å²) < 4.78 is 5.55. The second kappa shape index (κ2) is 8.90. The number of hydrogen-bond donors (Lipinski definition) is 0. The molecule has 0 aromatic heterocycles. The van der Waals surface area contributed by atoms with Crippen LogP contribution in [0.1, 0.15) is 22.8 Å². The van der Waals surface area contributed by atoms with Crippen molar-refractivity contribution in [2.75, 3.05) is 20.6 Å². The lowest BCUT2D eigenvalue weighted by Crippen LogP contribution is -2.23. The molecule has 1 atom stereocenters. The third kappa shape index (κ3) is 4.84. The van der Waals surface area contributed by atoms with Gasteiger partial charge in [0.25, 0.3) is 0 Å². The van der Waals surface area contributed by atoms with E-state index in [4.69, 9.17) is 16.3 Å². The minimum absolute atomic E-state index is 0.256. The Morgan fingerprint density at radius 3 is 2.40 bits per heavy atom. The van der Waals surface area contributed by atoms with Gasteiger partial charge >= 0.3 is 6.09 Å². The second-order valence-electron chi connectivity index (χ2n) is 7.94. The number of cyclic esters (lactones) is 1. The smallest absolute Gasteiger partial charge is 0.410 e.